The van der Waals surface area contributed by atoms with Crippen molar-refractivity contribution in [1.29, 1.82) is 0 Å². The van der Waals surface area contributed by atoms with Gasteiger partial charge in [0, 0.05) is 22.6 Å². The zero-order valence-corrected chi connectivity index (χ0v) is 42.3. The average molecular weight is 1060 g/mol. The molecule has 0 radical (unpaired) electrons. The van der Waals surface area contributed by atoms with Crippen molar-refractivity contribution in [2.24, 2.45) is 5.92 Å². The minimum atomic E-state index is -2.53. The normalized spacial score (nSPS) is 16.0. The van der Waals surface area contributed by atoms with Gasteiger partial charge < -0.3 is 0 Å². The summed E-state index contributed by atoms with van der Waals surface area (Å²) in [5.41, 5.74) is 23.7. The molecule has 3 aliphatic rings. The summed E-state index contributed by atoms with van der Waals surface area (Å²) in [6, 6.07) is 65.5. The van der Waals surface area contributed by atoms with Crippen LogP contribution in [0.15, 0.2) is 197 Å². The summed E-state index contributed by atoms with van der Waals surface area (Å²) in [4.78, 5) is 4.79. The van der Waals surface area contributed by atoms with Crippen LogP contribution < -0.4 is 0 Å². The van der Waals surface area contributed by atoms with Gasteiger partial charge in [-0.15, -0.1) is 16.6 Å². The second kappa shape index (κ2) is 19.6. The zero-order chi connectivity index (χ0) is 43.0. The Kier molecular flexibility index (Phi) is 14.2. The Balaban J connectivity index is 0.00000277. The Bertz CT molecular complexity index is 2470. The third-order valence-corrected chi connectivity index (χ3v) is 26.9. The van der Waals surface area contributed by atoms with E-state index in [4.69, 9.17) is 0 Å². The van der Waals surface area contributed by atoms with E-state index >= 15 is 0 Å². The van der Waals surface area contributed by atoms with Crippen LogP contribution in [0, 0.1) is 40.3 Å². The SMILES string of the molecule is C[Si](C)(C#Cc1ccccc1)C1=C(c2ccccc2)C2C(c3ccccc3)=C([Si](C)(C)C#Cc3ccccc3)P1C([Si](C)(C)C#Cc1ccccc1)=C2c1ccccc1.[Cl][Au]. The summed E-state index contributed by atoms with van der Waals surface area (Å²) in [6.07, 6.45) is 0. The average Bonchev–Trinajstić information content (AvgIpc) is 3.31. The maximum atomic E-state index is 4.58. The second-order valence-electron chi connectivity index (χ2n) is 16.9. The first-order valence-electron chi connectivity index (χ1n) is 20.6. The molecule has 6 aromatic carbocycles. The van der Waals surface area contributed by atoms with Crippen LogP contribution in [0.5, 0.6) is 0 Å². The van der Waals surface area contributed by atoms with Gasteiger partial charge in [0.05, 0.1) is 0 Å². The van der Waals surface area contributed by atoms with Gasteiger partial charge in [0.15, 0.2) is 24.2 Å². The number of rotatable bonds is 6. The first kappa shape index (κ1) is 44.4. The van der Waals surface area contributed by atoms with E-state index in [9.17, 15) is 0 Å². The molecule has 0 saturated heterocycles. The quantitative estimate of drug-likeness (QED) is 0.0886. The summed E-state index contributed by atoms with van der Waals surface area (Å²) < 4.78 is 0. The van der Waals surface area contributed by atoms with E-state index < -0.39 is 32.1 Å². The monoisotopic (exact) mass is 1060 g/mol. The van der Waals surface area contributed by atoms with E-state index in [1.165, 1.54) is 33.4 Å². The standard InChI is InChI=1S/C55H49PSi3.Au.ClH/c1-57(2,40-37-43-25-13-7-14-26-43)53-49(46-31-19-10-20-32-46)52-50(47-33-21-11-22-34-47)54(58(3,4)41-38-44-27-15-8-16-28-44)56(53)55(51(52)48-35-23-12-24-36-48)59(5,6)42-39-45-29-17-9-18-30-45;;/h7-36,52H,1-6H3;;1H/q;+1;/p-1. The third kappa shape index (κ3) is 9.71. The fourth-order valence-electron chi connectivity index (χ4n) is 8.58. The van der Waals surface area contributed by atoms with Gasteiger partial charge in [-0.25, -0.2) is 0 Å². The number of hydrogen-bond donors (Lipinski definition) is 0. The predicted octanol–water partition coefficient (Wildman–Crippen LogP) is 14.5. The van der Waals surface area contributed by atoms with Crippen LogP contribution in [0.25, 0.3) is 16.7 Å². The van der Waals surface area contributed by atoms with Gasteiger partial charge in [-0.1, -0.05) is 203 Å². The van der Waals surface area contributed by atoms with Crippen LogP contribution in [-0.4, -0.2) is 24.2 Å². The third-order valence-electron chi connectivity index (χ3n) is 11.2. The summed E-state index contributed by atoms with van der Waals surface area (Å²) in [5.74, 6) is 11.1. The van der Waals surface area contributed by atoms with E-state index in [-0.39, 0.29) is 5.92 Å². The van der Waals surface area contributed by atoms with Crippen molar-refractivity contribution in [3.05, 3.63) is 230 Å². The Morgan fingerprint density at radius 1 is 0.361 bits per heavy atom. The van der Waals surface area contributed by atoms with Crippen LogP contribution in [0.3, 0.4) is 0 Å². The van der Waals surface area contributed by atoms with Crippen molar-refractivity contribution in [2.75, 3.05) is 0 Å². The Morgan fingerprint density at radius 2 is 0.574 bits per heavy atom. The van der Waals surface area contributed by atoms with Gasteiger partial charge in [-0.2, -0.15) is 0 Å². The molecule has 61 heavy (non-hydrogen) atoms. The fourth-order valence-corrected chi connectivity index (χ4v) is 25.6. The Morgan fingerprint density at radius 3 is 0.803 bits per heavy atom. The van der Waals surface area contributed by atoms with Crippen molar-refractivity contribution in [3.63, 3.8) is 0 Å². The molecule has 3 aliphatic heterocycles. The predicted molar refractivity (Wildman–Crippen MR) is 269 cm³/mol. The molecule has 0 saturated carbocycles. The molecule has 9 rings (SSSR count). The Labute approximate surface area is 384 Å². The maximum absolute atomic E-state index is 4.58. The molecule has 0 aromatic heterocycles. The number of allylic oxidation sites excluding steroid dienone is 3. The van der Waals surface area contributed by atoms with Gasteiger partial charge >= 0.3 is 29.2 Å². The van der Waals surface area contributed by atoms with E-state index in [2.05, 4.69) is 265 Å². The first-order chi connectivity index (χ1) is 29.6. The molecule has 6 heteroatoms. The molecule has 0 atom stereocenters. The van der Waals surface area contributed by atoms with Crippen LogP contribution in [0.2, 0.25) is 39.3 Å². The van der Waals surface area contributed by atoms with E-state index in [1.807, 2.05) is 0 Å². The molecule has 3 heterocycles. The molecule has 6 aromatic rings. The summed E-state index contributed by atoms with van der Waals surface area (Å²) in [6.45, 7) is 15.1. The van der Waals surface area contributed by atoms with Gasteiger partial charge in [-0.3, -0.25) is 0 Å². The summed E-state index contributed by atoms with van der Waals surface area (Å²) in [5, 5.41) is 0. The molecule has 0 nitrogen and oxygen atoms in total. The van der Waals surface area contributed by atoms with Crippen molar-refractivity contribution in [2.45, 2.75) is 39.3 Å². The van der Waals surface area contributed by atoms with Crippen LogP contribution in [0.1, 0.15) is 33.4 Å². The molecule has 0 N–H and O–H groups in total. The van der Waals surface area contributed by atoms with Gasteiger partial charge in [0.1, 0.15) is 0 Å². The van der Waals surface area contributed by atoms with Crippen LogP contribution in [0.4, 0.5) is 0 Å². The molecular formula is C55H49AuClPSi3. The minimum absolute atomic E-state index is 0.0180. The summed E-state index contributed by atoms with van der Waals surface area (Å²) >= 11 is 1.75. The second-order valence-corrected chi connectivity index (χ2v) is 32.2. The van der Waals surface area contributed by atoms with Crippen molar-refractivity contribution < 1.29 is 20.0 Å². The molecule has 2 bridgehead atoms. The van der Waals surface area contributed by atoms with Gasteiger partial charge in [0.25, 0.3) is 0 Å². The number of halogens is 1. The van der Waals surface area contributed by atoms with Gasteiger partial charge in [0.2, 0.25) is 0 Å². The molecule has 0 spiro atoms. The molecule has 0 aliphatic carbocycles. The number of hydrogen-bond acceptors (Lipinski definition) is 0. The van der Waals surface area contributed by atoms with Crippen LogP contribution in [-0.2, 0) is 20.0 Å². The molecule has 0 fully saturated rings. The van der Waals surface area contributed by atoms with E-state index in [0.717, 1.165) is 16.7 Å². The summed E-state index contributed by atoms with van der Waals surface area (Å²) in [7, 11) is -4.09. The Hall–Kier alpha value is -4.67. The van der Waals surface area contributed by atoms with E-state index in [0.29, 0.717) is 0 Å². The first-order valence-corrected chi connectivity index (χ1v) is 33.6. The topological polar surface area (TPSA) is 0 Å². The van der Waals surface area contributed by atoms with Crippen molar-refractivity contribution in [3.8, 4) is 34.4 Å². The number of benzene rings is 6. The molecule has 304 valence electrons. The fraction of sp³-hybridized carbons (Fsp3) is 0.127. The molecule has 0 unspecified atom stereocenters. The van der Waals surface area contributed by atoms with Gasteiger partial charge in [-0.05, 0) is 92.5 Å². The van der Waals surface area contributed by atoms with E-state index in [1.54, 1.807) is 34.8 Å². The van der Waals surface area contributed by atoms with Crippen LogP contribution >= 0.6 is 17.1 Å². The zero-order valence-electron chi connectivity index (χ0n) is 35.5. The van der Waals surface area contributed by atoms with Crippen molar-refractivity contribution >= 4 is 58.1 Å². The van der Waals surface area contributed by atoms with Crippen molar-refractivity contribution in [1.82, 2.24) is 0 Å². The molecule has 0 amide bonds. The molecular weight excluding hydrogens is 1010 g/mol.